The van der Waals surface area contributed by atoms with E-state index in [-0.39, 0.29) is 18.3 Å². The van der Waals surface area contributed by atoms with Gasteiger partial charge < -0.3 is 10.1 Å². The summed E-state index contributed by atoms with van der Waals surface area (Å²) in [5.74, 6) is -0.684. The van der Waals surface area contributed by atoms with Crippen LogP contribution in [0.2, 0.25) is 0 Å². The topological polar surface area (TPSA) is 38.3 Å². The second-order valence-corrected chi connectivity index (χ2v) is 5.99. The number of hydrogen-bond acceptors (Lipinski definition) is 3. The summed E-state index contributed by atoms with van der Waals surface area (Å²) in [5, 5.41) is 4.73. The van der Waals surface area contributed by atoms with Crippen molar-refractivity contribution in [1.82, 2.24) is 5.32 Å². The second-order valence-electron chi connectivity index (χ2n) is 4.04. The van der Waals surface area contributed by atoms with Crippen molar-refractivity contribution < 1.29 is 13.9 Å². The van der Waals surface area contributed by atoms with Gasteiger partial charge in [-0.2, -0.15) is 0 Å². The fourth-order valence-corrected chi connectivity index (χ4v) is 2.61. The molecule has 0 aliphatic rings. The number of benzene rings is 1. The van der Waals surface area contributed by atoms with E-state index in [4.69, 9.17) is 4.74 Å². The van der Waals surface area contributed by atoms with Gasteiger partial charge in [0.2, 0.25) is 0 Å². The zero-order valence-corrected chi connectivity index (χ0v) is 13.0. The second kappa shape index (κ2) is 7.40. The number of rotatable bonds is 6. The standard InChI is InChI=1S/C14H13BrFNO2S/c15-10-3-4-13(12(16)8-10)19-9-14(18)17-6-5-11-2-1-7-20-11/h1-4,7-8H,5-6,9H2,(H,17,18). The molecule has 0 bridgehead atoms. The minimum absolute atomic E-state index is 0.0709. The molecule has 0 fully saturated rings. The molecule has 2 rings (SSSR count). The summed E-state index contributed by atoms with van der Waals surface area (Å²) in [4.78, 5) is 12.8. The summed E-state index contributed by atoms with van der Waals surface area (Å²) in [6.45, 7) is 0.356. The van der Waals surface area contributed by atoms with Gasteiger partial charge >= 0.3 is 0 Å². The number of hydrogen-bond donors (Lipinski definition) is 1. The quantitative estimate of drug-likeness (QED) is 0.860. The average molecular weight is 358 g/mol. The Balaban J connectivity index is 1.72. The largest absolute Gasteiger partial charge is 0.481 e. The van der Waals surface area contributed by atoms with Crippen molar-refractivity contribution in [3.8, 4) is 5.75 Å². The molecule has 3 nitrogen and oxygen atoms in total. The van der Waals surface area contributed by atoms with Crippen LogP contribution in [0.4, 0.5) is 4.39 Å². The third-order valence-electron chi connectivity index (χ3n) is 2.53. The smallest absolute Gasteiger partial charge is 0.257 e. The van der Waals surface area contributed by atoms with Crippen molar-refractivity contribution >= 4 is 33.2 Å². The molecular formula is C14H13BrFNO2S. The lowest BCUT2D eigenvalue weighted by Crippen LogP contribution is -2.30. The first kappa shape index (κ1) is 15.0. The van der Waals surface area contributed by atoms with E-state index in [1.807, 2.05) is 17.5 Å². The van der Waals surface area contributed by atoms with Crippen LogP contribution in [0.5, 0.6) is 5.75 Å². The van der Waals surface area contributed by atoms with E-state index in [2.05, 4.69) is 21.2 Å². The molecule has 2 aromatic rings. The molecule has 0 saturated carbocycles. The van der Waals surface area contributed by atoms with E-state index in [1.54, 1.807) is 17.4 Å². The van der Waals surface area contributed by atoms with Crippen LogP contribution in [0.25, 0.3) is 0 Å². The molecule has 1 heterocycles. The summed E-state index contributed by atoms with van der Waals surface area (Å²) < 4.78 is 19.2. The zero-order valence-electron chi connectivity index (χ0n) is 10.6. The summed E-state index contributed by atoms with van der Waals surface area (Å²) in [5.41, 5.74) is 0. The normalized spacial score (nSPS) is 10.3. The monoisotopic (exact) mass is 357 g/mol. The van der Waals surface area contributed by atoms with Crippen molar-refractivity contribution in [2.75, 3.05) is 13.2 Å². The molecule has 1 N–H and O–H groups in total. The number of carbonyl (C=O) groups is 1. The van der Waals surface area contributed by atoms with Crippen LogP contribution in [-0.2, 0) is 11.2 Å². The van der Waals surface area contributed by atoms with Crippen LogP contribution in [0.1, 0.15) is 4.88 Å². The number of halogens is 2. The van der Waals surface area contributed by atoms with Gasteiger partial charge in [0.15, 0.2) is 18.2 Å². The highest BCUT2D eigenvalue weighted by Gasteiger charge is 2.07. The van der Waals surface area contributed by atoms with Gasteiger partial charge in [-0.1, -0.05) is 22.0 Å². The number of thiophene rings is 1. The number of ether oxygens (including phenoxy) is 1. The molecule has 1 aromatic heterocycles. The van der Waals surface area contributed by atoms with Gasteiger partial charge in [-0.15, -0.1) is 11.3 Å². The van der Waals surface area contributed by atoms with Crippen molar-refractivity contribution in [2.24, 2.45) is 0 Å². The zero-order chi connectivity index (χ0) is 14.4. The van der Waals surface area contributed by atoms with Gasteiger partial charge in [0.1, 0.15) is 0 Å². The van der Waals surface area contributed by atoms with E-state index in [9.17, 15) is 9.18 Å². The lowest BCUT2D eigenvalue weighted by Gasteiger charge is -2.08. The highest BCUT2D eigenvalue weighted by Crippen LogP contribution is 2.21. The highest BCUT2D eigenvalue weighted by molar-refractivity contribution is 9.10. The fourth-order valence-electron chi connectivity index (χ4n) is 1.57. The van der Waals surface area contributed by atoms with E-state index < -0.39 is 5.82 Å². The molecule has 0 radical (unpaired) electrons. The number of nitrogens with one attached hydrogen (secondary N) is 1. The Bertz CT molecular complexity index is 575. The lowest BCUT2D eigenvalue weighted by atomic mass is 10.3. The summed E-state index contributed by atoms with van der Waals surface area (Å²) in [6, 6.07) is 8.43. The molecule has 0 saturated heterocycles. The van der Waals surface area contributed by atoms with Crippen molar-refractivity contribution in [2.45, 2.75) is 6.42 Å². The van der Waals surface area contributed by atoms with Gasteiger partial charge in [-0.3, -0.25) is 4.79 Å². The van der Waals surface area contributed by atoms with E-state index in [0.29, 0.717) is 11.0 Å². The predicted molar refractivity (Wildman–Crippen MR) is 80.6 cm³/mol. The van der Waals surface area contributed by atoms with Gasteiger partial charge in [0.05, 0.1) is 0 Å². The van der Waals surface area contributed by atoms with Gasteiger partial charge in [0, 0.05) is 15.9 Å². The van der Waals surface area contributed by atoms with Crippen molar-refractivity contribution in [3.63, 3.8) is 0 Å². The Morgan fingerprint density at radius 1 is 1.40 bits per heavy atom. The minimum Gasteiger partial charge on any atom is -0.481 e. The Labute approximate surface area is 128 Å². The third-order valence-corrected chi connectivity index (χ3v) is 3.96. The molecule has 1 amide bonds. The molecule has 1 aromatic carbocycles. The molecule has 0 spiro atoms. The maximum Gasteiger partial charge on any atom is 0.257 e. The summed E-state index contributed by atoms with van der Waals surface area (Å²) in [7, 11) is 0. The van der Waals surface area contributed by atoms with Crippen LogP contribution in [-0.4, -0.2) is 19.1 Å². The lowest BCUT2D eigenvalue weighted by molar-refractivity contribution is -0.123. The van der Waals surface area contributed by atoms with Crippen molar-refractivity contribution in [3.05, 3.63) is 50.9 Å². The molecule has 0 aliphatic carbocycles. The molecule has 20 heavy (non-hydrogen) atoms. The molecular weight excluding hydrogens is 345 g/mol. The van der Waals surface area contributed by atoms with Crippen molar-refractivity contribution in [1.29, 1.82) is 0 Å². The maximum atomic E-state index is 13.5. The van der Waals surface area contributed by atoms with Gasteiger partial charge in [-0.25, -0.2) is 4.39 Å². The van der Waals surface area contributed by atoms with Crippen LogP contribution in [0.15, 0.2) is 40.2 Å². The molecule has 0 unspecified atom stereocenters. The first-order valence-electron chi connectivity index (χ1n) is 6.02. The number of amides is 1. The Hall–Kier alpha value is -1.40. The molecule has 0 aliphatic heterocycles. The van der Waals surface area contributed by atoms with E-state index in [1.165, 1.54) is 17.0 Å². The van der Waals surface area contributed by atoms with Crippen LogP contribution in [0, 0.1) is 5.82 Å². The third kappa shape index (κ3) is 4.61. The first-order valence-corrected chi connectivity index (χ1v) is 7.69. The van der Waals surface area contributed by atoms with E-state index in [0.717, 1.165) is 6.42 Å². The fraction of sp³-hybridized carbons (Fsp3) is 0.214. The highest BCUT2D eigenvalue weighted by atomic mass is 79.9. The van der Waals surface area contributed by atoms with Crippen LogP contribution in [0.3, 0.4) is 0 Å². The van der Waals surface area contributed by atoms with E-state index >= 15 is 0 Å². The Morgan fingerprint density at radius 3 is 2.95 bits per heavy atom. The average Bonchev–Trinajstić information content (AvgIpc) is 2.91. The molecule has 6 heteroatoms. The minimum atomic E-state index is -0.495. The Kier molecular flexibility index (Phi) is 5.55. The Morgan fingerprint density at radius 2 is 2.25 bits per heavy atom. The van der Waals surface area contributed by atoms with Crippen LogP contribution >= 0.6 is 27.3 Å². The predicted octanol–water partition coefficient (Wildman–Crippen LogP) is 3.39. The SMILES string of the molecule is O=C(COc1ccc(Br)cc1F)NCCc1cccs1. The first-order chi connectivity index (χ1) is 9.65. The summed E-state index contributed by atoms with van der Waals surface area (Å²) >= 11 is 4.81. The molecule has 106 valence electrons. The van der Waals surface area contributed by atoms with Crippen LogP contribution < -0.4 is 10.1 Å². The number of carbonyl (C=O) groups excluding carboxylic acids is 1. The molecule has 0 atom stereocenters. The van der Waals surface area contributed by atoms with Gasteiger partial charge in [0.25, 0.3) is 5.91 Å². The maximum absolute atomic E-state index is 13.5. The van der Waals surface area contributed by atoms with Gasteiger partial charge in [-0.05, 0) is 36.1 Å². The summed E-state index contributed by atoms with van der Waals surface area (Å²) in [6.07, 6.45) is 0.788.